The smallest absolute Gasteiger partial charge is 0.385 e. The van der Waals surface area contributed by atoms with Crippen LogP contribution >= 0.6 is 0 Å². The number of aliphatic hydroxyl groups excluding tert-OH is 1. The van der Waals surface area contributed by atoms with E-state index in [-0.39, 0.29) is 0 Å². The number of carbonyl (C=O) groups excluding carboxylic acids is 1. The summed E-state index contributed by atoms with van der Waals surface area (Å²) < 4.78 is 52.7. The molecule has 2 rings (SSSR count). The molecule has 1 aliphatic carbocycles. The SMILES string of the molecule is O=C1C([n+]2ccccc2)=C(O)C(F)(F)C1(F)F. The molecule has 90 valence electrons. The first-order chi connectivity index (χ1) is 7.80. The molecule has 0 bridgehead atoms. The summed E-state index contributed by atoms with van der Waals surface area (Å²) in [6, 6.07) is 4.20. The number of Topliss-reactive ketones (excluding diaryl/α,β-unsaturated/α-hetero) is 1. The number of rotatable bonds is 1. The number of nitrogens with zero attached hydrogens (tertiary/aromatic N) is 1. The van der Waals surface area contributed by atoms with E-state index in [9.17, 15) is 22.4 Å². The zero-order chi connectivity index (χ0) is 12.8. The van der Waals surface area contributed by atoms with E-state index in [0.29, 0.717) is 0 Å². The molecule has 1 heterocycles. The maximum atomic E-state index is 13.0. The van der Waals surface area contributed by atoms with Crippen molar-refractivity contribution in [1.82, 2.24) is 0 Å². The van der Waals surface area contributed by atoms with Gasteiger partial charge in [-0.3, -0.25) is 4.79 Å². The van der Waals surface area contributed by atoms with Crippen LogP contribution in [0.2, 0.25) is 0 Å². The van der Waals surface area contributed by atoms with E-state index < -0.39 is 29.1 Å². The van der Waals surface area contributed by atoms with E-state index in [1.54, 1.807) is 0 Å². The molecule has 0 fully saturated rings. The predicted molar refractivity (Wildman–Crippen MR) is 47.4 cm³/mol. The van der Waals surface area contributed by atoms with E-state index in [2.05, 4.69) is 0 Å². The Bertz CT molecular complexity index is 510. The van der Waals surface area contributed by atoms with Crippen molar-refractivity contribution in [1.29, 1.82) is 0 Å². The average molecular weight is 248 g/mol. The van der Waals surface area contributed by atoms with Crippen LogP contribution in [0.4, 0.5) is 17.6 Å². The van der Waals surface area contributed by atoms with Gasteiger partial charge in [0.25, 0.3) is 0 Å². The summed E-state index contributed by atoms with van der Waals surface area (Å²) in [5, 5.41) is 9.08. The van der Waals surface area contributed by atoms with Gasteiger partial charge in [0, 0.05) is 12.1 Å². The second-order valence-corrected chi connectivity index (χ2v) is 3.46. The monoisotopic (exact) mass is 248 g/mol. The second-order valence-electron chi connectivity index (χ2n) is 3.46. The minimum atomic E-state index is -4.92. The number of ketones is 1. The van der Waals surface area contributed by atoms with Crippen molar-refractivity contribution in [2.75, 3.05) is 0 Å². The van der Waals surface area contributed by atoms with E-state index in [0.717, 1.165) is 17.0 Å². The number of halogens is 4. The summed E-state index contributed by atoms with van der Waals surface area (Å²) in [5.74, 6) is -13.8. The molecule has 3 nitrogen and oxygen atoms in total. The normalized spacial score (nSPS) is 22.0. The van der Waals surface area contributed by atoms with Crippen molar-refractivity contribution < 1.29 is 32.0 Å². The third-order valence-corrected chi connectivity index (χ3v) is 2.39. The quantitative estimate of drug-likeness (QED) is 0.605. The molecule has 1 N–H and O–H groups in total. The van der Waals surface area contributed by atoms with Crippen LogP contribution in [-0.4, -0.2) is 22.7 Å². The van der Waals surface area contributed by atoms with Crippen molar-refractivity contribution in [2.24, 2.45) is 0 Å². The van der Waals surface area contributed by atoms with Crippen molar-refractivity contribution in [3.8, 4) is 0 Å². The minimum absolute atomic E-state index is 0.729. The van der Waals surface area contributed by atoms with Gasteiger partial charge in [0.15, 0.2) is 12.4 Å². The summed E-state index contributed by atoms with van der Waals surface area (Å²) in [6.07, 6.45) is 2.22. The number of carbonyl (C=O) groups is 1. The fourth-order valence-corrected chi connectivity index (χ4v) is 1.48. The van der Waals surface area contributed by atoms with Gasteiger partial charge in [-0.05, 0) is 0 Å². The molecule has 0 aliphatic heterocycles. The van der Waals surface area contributed by atoms with Gasteiger partial charge >= 0.3 is 23.3 Å². The second kappa shape index (κ2) is 3.28. The highest BCUT2D eigenvalue weighted by Gasteiger charge is 2.74. The first kappa shape index (κ1) is 11.6. The van der Waals surface area contributed by atoms with Gasteiger partial charge in [-0.1, -0.05) is 6.07 Å². The van der Waals surface area contributed by atoms with E-state index in [1.165, 1.54) is 18.2 Å². The van der Waals surface area contributed by atoms with Gasteiger partial charge < -0.3 is 5.11 Å². The van der Waals surface area contributed by atoms with Crippen LogP contribution in [0.15, 0.2) is 36.4 Å². The van der Waals surface area contributed by atoms with Crippen molar-refractivity contribution in [3.63, 3.8) is 0 Å². The van der Waals surface area contributed by atoms with Crippen LogP contribution in [0.25, 0.3) is 5.70 Å². The molecule has 0 saturated heterocycles. The van der Waals surface area contributed by atoms with E-state index >= 15 is 0 Å². The van der Waals surface area contributed by atoms with Crippen molar-refractivity contribution >= 4 is 11.5 Å². The van der Waals surface area contributed by atoms with Crippen LogP contribution in [0.3, 0.4) is 0 Å². The number of alkyl halides is 4. The summed E-state index contributed by atoms with van der Waals surface area (Å²) in [5.41, 5.74) is -1.11. The minimum Gasteiger partial charge on any atom is -0.501 e. The number of hydrogen-bond acceptors (Lipinski definition) is 2. The lowest BCUT2D eigenvalue weighted by molar-refractivity contribution is -0.578. The molecule has 1 aliphatic rings. The van der Waals surface area contributed by atoms with Gasteiger partial charge in [0.1, 0.15) is 0 Å². The molecule has 7 heteroatoms. The maximum Gasteiger partial charge on any atom is 0.385 e. The number of aromatic nitrogens is 1. The summed E-state index contributed by atoms with van der Waals surface area (Å²) >= 11 is 0. The Kier molecular flexibility index (Phi) is 2.23. The Morgan fingerprint density at radius 3 is 1.94 bits per heavy atom. The number of allylic oxidation sites excluding steroid dienone is 2. The molecular formula is C10H6F4NO2+. The highest BCUT2D eigenvalue weighted by atomic mass is 19.3. The molecule has 0 unspecified atom stereocenters. The summed E-state index contributed by atoms with van der Waals surface area (Å²) in [6.45, 7) is 0. The van der Waals surface area contributed by atoms with E-state index in [4.69, 9.17) is 5.11 Å². The van der Waals surface area contributed by atoms with E-state index in [1.807, 2.05) is 0 Å². The molecule has 1 aromatic heterocycles. The van der Waals surface area contributed by atoms with Crippen molar-refractivity contribution in [3.05, 3.63) is 36.4 Å². The Hall–Kier alpha value is -1.92. The molecular weight excluding hydrogens is 242 g/mol. The number of pyridine rings is 1. The standard InChI is InChI=1S/C10H5F4NO2/c11-9(12)7(16)6(8(17)10(9,13)14)15-4-2-1-3-5-15/h1-5H/p+1. The first-order valence-corrected chi connectivity index (χ1v) is 4.51. The first-order valence-electron chi connectivity index (χ1n) is 4.51. The average Bonchev–Trinajstić information content (AvgIpc) is 2.40. The molecule has 0 saturated carbocycles. The Balaban J connectivity index is 2.64. The van der Waals surface area contributed by atoms with Gasteiger partial charge in [0.2, 0.25) is 5.76 Å². The van der Waals surface area contributed by atoms with Crippen LogP contribution < -0.4 is 4.57 Å². The van der Waals surface area contributed by atoms with Crippen LogP contribution in [0.5, 0.6) is 0 Å². The molecule has 0 spiro atoms. The predicted octanol–water partition coefficient (Wildman–Crippen LogP) is 1.55. The Labute approximate surface area is 92.6 Å². The van der Waals surface area contributed by atoms with Crippen LogP contribution in [-0.2, 0) is 4.79 Å². The lowest BCUT2D eigenvalue weighted by Gasteiger charge is -2.15. The Morgan fingerprint density at radius 2 is 1.53 bits per heavy atom. The number of hydrogen-bond donors (Lipinski definition) is 1. The van der Waals surface area contributed by atoms with Crippen LogP contribution in [0.1, 0.15) is 0 Å². The zero-order valence-corrected chi connectivity index (χ0v) is 8.20. The highest BCUT2D eigenvalue weighted by Crippen LogP contribution is 2.47. The molecule has 0 radical (unpaired) electrons. The zero-order valence-electron chi connectivity index (χ0n) is 8.20. The fourth-order valence-electron chi connectivity index (χ4n) is 1.48. The van der Waals surface area contributed by atoms with Gasteiger partial charge in [0.05, 0.1) is 0 Å². The summed E-state index contributed by atoms with van der Waals surface area (Å²) in [7, 11) is 0. The molecule has 0 atom stereocenters. The third kappa shape index (κ3) is 1.35. The lowest BCUT2D eigenvalue weighted by atomic mass is 10.2. The fraction of sp³-hybridized carbons (Fsp3) is 0.200. The molecule has 0 aromatic carbocycles. The molecule has 0 amide bonds. The Morgan fingerprint density at radius 1 is 1.00 bits per heavy atom. The van der Waals surface area contributed by atoms with Crippen LogP contribution in [0, 0.1) is 0 Å². The van der Waals surface area contributed by atoms with Gasteiger partial charge in [-0.2, -0.15) is 22.1 Å². The number of aliphatic hydroxyl groups is 1. The lowest BCUT2D eigenvalue weighted by Crippen LogP contribution is -2.44. The van der Waals surface area contributed by atoms with Crippen molar-refractivity contribution in [2.45, 2.75) is 11.8 Å². The third-order valence-electron chi connectivity index (χ3n) is 2.39. The molecule has 1 aromatic rings. The maximum absolute atomic E-state index is 13.0. The van der Waals surface area contributed by atoms with Gasteiger partial charge in [-0.15, -0.1) is 0 Å². The highest BCUT2D eigenvalue weighted by molar-refractivity contribution is 6.19. The summed E-state index contributed by atoms with van der Waals surface area (Å²) in [4.78, 5) is 11.2. The topological polar surface area (TPSA) is 41.2 Å². The van der Waals surface area contributed by atoms with Gasteiger partial charge in [-0.25, -0.2) is 0 Å². The molecule has 17 heavy (non-hydrogen) atoms. The largest absolute Gasteiger partial charge is 0.501 e.